The van der Waals surface area contributed by atoms with E-state index in [1.807, 2.05) is 12.1 Å². The van der Waals surface area contributed by atoms with Crippen LogP contribution in [0.4, 0.5) is 10.1 Å². The summed E-state index contributed by atoms with van der Waals surface area (Å²) in [6.07, 6.45) is 2.47. The molecule has 0 atom stereocenters. The number of anilines is 1. The van der Waals surface area contributed by atoms with E-state index >= 15 is 0 Å². The van der Waals surface area contributed by atoms with Crippen LogP contribution in [0.25, 0.3) is 0 Å². The number of benzene rings is 1. The molecular formula is C17H21FN6S. The summed E-state index contributed by atoms with van der Waals surface area (Å²) in [4.78, 5) is 8.80. The average Bonchev–Trinajstić information content (AvgIpc) is 3.39. The summed E-state index contributed by atoms with van der Waals surface area (Å²) in [5, 5.41) is 10.5. The van der Waals surface area contributed by atoms with E-state index in [0.29, 0.717) is 18.4 Å². The van der Waals surface area contributed by atoms with E-state index < -0.39 is 0 Å². The Kier molecular flexibility index (Phi) is 4.52. The minimum atomic E-state index is -0.208. The van der Waals surface area contributed by atoms with Gasteiger partial charge in [-0.2, -0.15) is 0 Å². The number of nitrogens with two attached hydrogens (primary N) is 1. The van der Waals surface area contributed by atoms with Crippen molar-refractivity contribution in [1.82, 2.24) is 15.1 Å². The lowest BCUT2D eigenvalue weighted by atomic mass is 10.2. The van der Waals surface area contributed by atoms with Gasteiger partial charge in [0.25, 0.3) is 0 Å². The number of rotatable bonds is 4. The molecule has 1 aliphatic carbocycles. The molecule has 4 rings (SSSR count). The summed E-state index contributed by atoms with van der Waals surface area (Å²) >= 11 is 1.65. The van der Waals surface area contributed by atoms with Gasteiger partial charge in [0.15, 0.2) is 5.96 Å². The molecule has 1 aromatic heterocycles. The minimum Gasteiger partial charge on any atom is -0.370 e. The Morgan fingerprint density at radius 1 is 1.16 bits per heavy atom. The first-order valence-corrected chi connectivity index (χ1v) is 9.38. The van der Waals surface area contributed by atoms with Crippen LogP contribution in [0.5, 0.6) is 0 Å². The van der Waals surface area contributed by atoms with Crippen molar-refractivity contribution < 1.29 is 4.39 Å². The molecule has 1 saturated heterocycles. The third-order valence-electron chi connectivity index (χ3n) is 4.58. The lowest BCUT2D eigenvalue weighted by Crippen LogP contribution is -2.51. The number of nitrogens with zero attached hydrogens (tertiary/aromatic N) is 5. The monoisotopic (exact) mass is 360 g/mol. The van der Waals surface area contributed by atoms with Gasteiger partial charge in [0, 0.05) is 37.8 Å². The molecule has 8 heteroatoms. The van der Waals surface area contributed by atoms with Gasteiger partial charge < -0.3 is 15.5 Å². The second-order valence-corrected chi connectivity index (χ2v) is 7.53. The van der Waals surface area contributed by atoms with Crippen LogP contribution < -0.4 is 10.6 Å². The second-order valence-electron chi connectivity index (χ2n) is 6.43. The third-order valence-corrected chi connectivity index (χ3v) is 5.65. The van der Waals surface area contributed by atoms with E-state index in [2.05, 4.69) is 25.0 Å². The standard InChI is InChI=1S/C17H21FN6S/c18-13-3-5-14(6-4-13)23-7-9-24(10-8-23)17(19)20-11-15-21-22-16(25-15)12-1-2-12/h3-6,12H,1-2,7-11H2,(H2,19,20). The maximum Gasteiger partial charge on any atom is 0.191 e. The van der Waals surface area contributed by atoms with Crippen LogP contribution >= 0.6 is 11.3 Å². The van der Waals surface area contributed by atoms with Crippen LogP contribution in [0.2, 0.25) is 0 Å². The molecule has 0 amide bonds. The normalized spacial score (nSPS) is 18.7. The van der Waals surface area contributed by atoms with Crippen LogP contribution in [-0.2, 0) is 6.54 Å². The van der Waals surface area contributed by atoms with Crippen molar-refractivity contribution in [3.63, 3.8) is 0 Å². The zero-order chi connectivity index (χ0) is 17.2. The summed E-state index contributed by atoms with van der Waals surface area (Å²) in [7, 11) is 0. The van der Waals surface area contributed by atoms with Crippen LogP contribution in [0.1, 0.15) is 28.8 Å². The molecule has 0 radical (unpaired) electrons. The Morgan fingerprint density at radius 2 is 1.88 bits per heavy atom. The van der Waals surface area contributed by atoms with Crippen molar-refractivity contribution >= 4 is 23.0 Å². The predicted molar refractivity (Wildman–Crippen MR) is 97.4 cm³/mol. The fourth-order valence-corrected chi connectivity index (χ4v) is 3.86. The van der Waals surface area contributed by atoms with Gasteiger partial charge in [-0.25, -0.2) is 9.38 Å². The first-order valence-electron chi connectivity index (χ1n) is 8.57. The SMILES string of the molecule is NC(=NCc1nnc(C2CC2)s1)N1CCN(c2ccc(F)cc2)CC1. The number of hydrogen-bond acceptors (Lipinski definition) is 5. The highest BCUT2D eigenvalue weighted by atomic mass is 32.1. The first-order chi connectivity index (χ1) is 12.2. The van der Waals surface area contributed by atoms with Crippen molar-refractivity contribution in [3.05, 3.63) is 40.1 Å². The Hall–Kier alpha value is -2.22. The summed E-state index contributed by atoms with van der Waals surface area (Å²) in [6.45, 7) is 3.78. The van der Waals surface area contributed by atoms with E-state index in [9.17, 15) is 4.39 Å². The zero-order valence-electron chi connectivity index (χ0n) is 13.9. The van der Waals surface area contributed by atoms with Gasteiger partial charge in [-0.15, -0.1) is 10.2 Å². The fourth-order valence-electron chi connectivity index (χ4n) is 2.92. The van der Waals surface area contributed by atoms with Gasteiger partial charge in [-0.05, 0) is 37.1 Å². The third kappa shape index (κ3) is 3.89. The van der Waals surface area contributed by atoms with Gasteiger partial charge >= 0.3 is 0 Å². The van der Waals surface area contributed by atoms with Crippen LogP contribution in [0.15, 0.2) is 29.3 Å². The van der Waals surface area contributed by atoms with Gasteiger partial charge in [-0.3, -0.25) is 0 Å². The van der Waals surface area contributed by atoms with Gasteiger partial charge in [-0.1, -0.05) is 11.3 Å². The zero-order valence-corrected chi connectivity index (χ0v) is 14.8. The second kappa shape index (κ2) is 6.95. The maximum absolute atomic E-state index is 13.0. The predicted octanol–water partition coefficient (Wildman–Crippen LogP) is 2.19. The van der Waals surface area contributed by atoms with E-state index in [0.717, 1.165) is 41.9 Å². The highest BCUT2D eigenvalue weighted by Crippen LogP contribution is 2.41. The molecule has 0 bridgehead atoms. The minimum absolute atomic E-state index is 0.208. The highest BCUT2D eigenvalue weighted by Gasteiger charge is 2.27. The summed E-state index contributed by atoms with van der Waals surface area (Å²) in [6, 6.07) is 6.62. The van der Waals surface area contributed by atoms with Crippen molar-refractivity contribution in [1.29, 1.82) is 0 Å². The van der Waals surface area contributed by atoms with Crippen molar-refractivity contribution in [3.8, 4) is 0 Å². The maximum atomic E-state index is 13.0. The molecule has 25 heavy (non-hydrogen) atoms. The quantitative estimate of drug-likeness (QED) is 0.668. The molecule has 132 valence electrons. The number of halogens is 1. The number of aliphatic imine (C=N–C) groups is 1. The van der Waals surface area contributed by atoms with Crippen molar-refractivity contribution in [2.24, 2.45) is 10.7 Å². The largest absolute Gasteiger partial charge is 0.370 e. The molecule has 2 aliphatic rings. The number of piperazine rings is 1. The Morgan fingerprint density at radius 3 is 2.56 bits per heavy atom. The van der Waals surface area contributed by atoms with Gasteiger partial charge in [0.1, 0.15) is 15.8 Å². The molecule has 1 aliphatic heterocycles. The van der Waals surface area contributed by atoms with Gasteiger partial charge in [0.05, 0.1) is 6.54 Å². The molecule has 1 aromatic carbocycles. The Balaban J connectivity index is 1.30. The number of guanidine groups is 1. The molecular weight excluding hydrogens is 339 g/mol. The summed E-state index contributed by atoms with van der Waals surface area (Å²) in [5.41, 5.74) is 7.18. The molecule has 2 aromatic rings. The fraction of sp³-hybridized carbons (Fsp3) is 0.471. The van der Waals surface area contributed by atoms with E-state index in [1.54, 1.807) is 11.3 Å². The lowest BCUT2D eigenvalue weighted by molar-refractivity contribution is 0.380. The molecule has 2 N–H and O–H groups in total. The van der Waals surface area contributed by atoms with Crippen molar-refractivity contribution in [2.75, 3.05) is 31.1 Å². The van der Waals surface area contributed by atoms with Crippen molar-refractivity contribution in [2.45, 2.75) is 25.3 Å². The summed E-state index contributed by atoms with van der Waals surface area (Å²) in [5.74, 6) is 0.981. The molecule has 2 heterocycles. The Labute approximate surface area is 150 Å². The smallest absolute Gasteiger partial charge is 0.191 e. The molecule has 0 unspecified atom stereocenters. The summed E-state index contributed by atoms with van der Waals surface area (Å²) < 4.78 is 13.0. The molecule has 1 saturated carbocycles. The average molecular weight is 360 g/mol. The number of hydrogen-bond donors (Lipinski definition) is 1. The van der Waals surface area contributed by atoms with E-state index in [1.165, 1.54) is 25.0 Å². The first kappa shape index (κ1) is 16.3. The number of aromatic nitrogens is 2. The molecule has 2 fully saturated rings. The van der Waals surface area contributed by atoms with E-state index in [-0.39, 0.29) is 5.82 Å². The van der Waals surface area contributed by atoms with E-state index in [4.69, 9.17) is 5.73 Å². The topological polar surface area (TPSA) is 70.6 Å². The Bertz CT molecular complexity index is 747. The molecule has 0 spiro atoms. The van der Waals surface area contributed by atoms with Gasteiger partial charge in [0.2, 0.25) is 0 Å². The van der Waals surface area contributed by atoms with Crippen LogP contribution in [0.3, 0.4) is 0 Å². The lowest BCUT2D eigenvalue weighted by Gasteiger charge is -2.36. The van der Waals surface area contributed by atoms with Crippen LogP contribution in [0, 0.1) is 5.82 Å². The molecule has 6 nitrogen and oxygen atoms in total. The highest BCUT2D eigenvalue weighted by molar-refractivity contribution is 7.11. The van der Waals surface area contributed by atoms with Crippen LogP contribution in [-0.4, -0.2) is 47.2 Å².